The van der Waals surface area contributed by atoms with E-state index in [0.29, 0.717) is 31.2 Å². The van der Waals surface area contributed by atoms with E-state index in [9.17, 15) is 15.8 Å². The Balaban J connectivity index is 2.23. The quantitative estimate of drug-likeness (QED) is 0.754. The first kappa shape index (κ1) is 22.2. The Kier molecular flexibility index (Phi) is 6.54. The molecule has 31 heavy (non-hydrogen) atoms. The Bertz CT molecular complexity index is 1020. The lowest BCUT2D eigenvalue weighted by molar-refractivity contribution is 0.214. The first-order chi connectivity index (χ1) is 15.0. The first-order valence-corrected chi connectivity index (χ1v) is 10.5. The summed E-state index contributed by atoms with van der Waals surface area (Å²) in [5.41, 5.74) is 6.58. The van der Waals surface area contributed by atoms with Gasteiger partial charge in [0.2, 0.25) is 0 Å². The topological polar surface area (TPSA) is 119 Å². The maximum Gasteiger partial charge on any atom is 0.191 e. The van der Waals surface area contributed by atoms with Crippen molar-refractivity contribution in [3.63, 3.8) is 0 Å². The summed E-state index contributed by atoms with van der Waals surface area (Å²) >= 11 is 0. The van der Waals surface area contributed by atoms with Gasteiger partial charge in [-0.1, -0.05) is 26.0 Å². The second-order valence-corrected chi connectivity index (χ2v) is 7.79. The summed E-state index contributed by atoms with van der Waals surface area (Å²) in [4.78, 5) is 2.23. The van der Waals surface area contributed by atoms with Crippen LogP contribution in [0.3, 0.4) is 0 Å². The van der Waals surface area contributed by atoms with Gasteiger partial charge in [-0.25, -0.2) is 0 Å². The predicted molar refractivity (Wildman–Crippen MR) is 116 cm³/mol. The predicted octanol–water partition coefficient (Wildman–Crippen LogP) is 3.23. The molecule has 7 heteroatoms. The van der Waals surface area contributed by atoms with E-state index in [1.165, 1.54) is 0 Å². The van der Waals surface area contributed by atoms with Gasteiger partial charge in [0.05, 0.1) is 37.1 Å². The maximum atomic E-state index is 10.2. The molecule has 0 radical (unpaired) electrons. The average Bonchev–Trinajstić information content (AvgIpc) is 2.81. The van der Waals surface area contributed by atoms with E-state index in [1.807, 2.05) is 31.2 Å². The molecule has 0 amide bonds. The monoisotopic (exact) mass is 417 g/mol. The number of hydrogen-bond acceptors (Lipinski definition) is 7. The van der Waals surface area contributed by atoms with E-state index in [2.05, 4.69) is 30.0 Å². The highest BCUT2D eigenvalue weighted by molar-refractivity contribution is 5.60. The van der Waals surface area contributed by atoms with Gasteiger partial charge in [0.25, 0.3) is 0 Å². The van der Waals surface area contributed by atoms with Crippen molar-refractivity contribution < 1.29 is 9.47 Å². The zero-order valence-electron chi connectivity index (χ0n) is 18.2. The number of hydrogen-bond donors (Lipinski definition) is 1. The molecule has 1 aromatic carbocycles. The molecule has 0 saturated heterocycles. The van der Waals surface area contributed by atoms with Crippen LogP contribution in [0, 0.1) is 45.3 Å². The third-order valence-corrected chi connectivity index (χ3v) is 6.20. The highest BCUT2D eigenvalue weighted by Crippen LogP contribution is 2.54. The van der Waals surface area contributed by atoms with Crippen LogP contribution in [0.5, 0.6) is 11.5 Å². The normalized spacial score (nSPS) is 22.4. The van der Waals surface area contributed by atoms with Crippen molar-refractivity contribution in [1.29, 1.82) is 15.8 Å². The van der Waals surface area contributed by atoms with Crippen LogP contribution in [-0.2, 0) is 0 Å². The molecule has 0 unspecified atom stereocenters. The van der Waals surface area contributed by atoms with Crippen LogP contribution in [-0.4, -0.2) is 38.3 Å². The zero-order valence-corrected chi connectivity index (χ0v) is 18.2. The molecule has 7 nitrogen and oxygen atoms in total. The molecule has 1 aromatic rings. The molecule has 2 aliphatic rings. The standard InChI is InChI=1S/C24H27N5O2/c1-4-10-31-20-7-6-16(11-21(20)30-3)22-19-13-29(5-2)9-8-17(19)18(12-25)23(28)24(22,14-26)15-27/h6-8,11,19,22H,4-5,9-10,13,28H2,1-3H3/t19-,22+/m1/s1. The van der Waals surface area contributed by atoms with Crippen molar-refractivity contribution in [3.05, 3.63) is 46.7 Å². The minimum atomic E-state index is -1.65. The van der Waals surface area contributed by atoms with Gasteiger partial charge in [0.1, 0.15) is 6.07 Å². The van der Waals surface area contributed by atoms with Gasteiger partial charge >= 0.3 is 0 Å². The Labute approximate surface area is 183 Å². The second kappa shape index (κ2) is 9.13. The van der Waals surface area contributed by atoms with Crippen LogP contribution in [0.2, 0.25) is 0 Å². The van der Waals surface area contributed by atoms with Crippen LogP contribution >= 0.6 is 0 Å². The second-order valence-electron chi connectivity index (χ2n) is 7.79. The van der Waals surface area contributed by atoms with Crippen LogP contribution in [0.15, 0.2) is 41.1 Å². The molecule has 0 saturated carbocycles. The van der Waals surface area contributed by atoms with Crippen LogP contribution in [0.1, 0.15) is 31.7 Å². The number of allylic oxidation sites excluding steroid dienone is 2. The Hall–Kier alpha value is -3.47. The average molecular weight is 418 g/mol. The number of rotatable bonds is 6. The van der Waals surface area contributed by atoms with E-state index >= 15 is 0 Å². The molecule has 1 aliphatic carbocycles. The third-order valence-electron chi connectivity index (χ3n) is 6.20. The molecule has 2 atom stereocenters. The Morgan fingerprint density at radius 2 is 1.94 bits per heavy atom. The van der Waals surface area contributed by atoms with E-state index < -0.39 is 11.3 Å². The summed E-state index contributed by atoms with van der Waals surface area (Å²) in [5, 5.41) is 30.2. The fourth-order valence-corrected chi connectivity index (χ4v) is 4.58. The van der Waals surface area contributed by atoms with E-state index in [0.717, 1.165) is 24.1 Å². The van der Waals surface area contributed by atoms with E-state index in [4.69, 9.17) is 15.2 Å². The van der Waals surface area contributed by atoms with Crippen LogP contribution < -0.4 is 15.2 Å². The summed E-state index contributed by atoms with van der Waals surface area (Å²) in [6.07, 6.45) is 2.87. The number of nitrogens with two attached hydrogens (primary N) is 1. The molecular formula is C24H27N5O2. The lowest BCUT2D eigenvalue weighted by Gasteiger charge is -2.45. The number of fused-ring (bicyclic) bond motifs is 1. The van der Waals surface area contributed by atoms with Gasteiger partial charge in [-0.3, -0.25) is 4.90 Å². The first-order valence-electron chi connectivity index (χ1n) is 10.5. The molecular weight excluding hydrogens is 390 g/mol. The fourth-order valence-electron chi connectivity index (χ4n) is 4.58. The van der Waals surface area contributed by atoms with Crippen molar-refractivity contribution >= 4 is 0 Å². The Morgan fingerprint density at radius 1 is 1.19 bits per heavy atom. The number of methoxy groups -OCH3 is 1. The highest BCUT2D eigenvalue weighted by Gasteiger charge is 2.54. The number of ether oxygens (including phenoxy) is 2. The van der Waals surface area contributed by atoms with Crippen LogP contribution in [0.25, 0.3) is 0 Å². The third kappa shape index (κ3) is 3.61. The summed E-state index contributed by atoms with van der Waals surface area (Å²) in [5.74, 6) is 0.383. The molecule has 2 N–H and O–H groups in total. The van der Waals surface area contributed by atoms with Crippen molar-refractivity contribution in [2.45, 2.75) is 26.2 Å². The number of likely N-dealkylation sites (N-methyl/N-ethyl adjacent to an activating group) is 1. The van der Waals surface area contributed by atoms with Gasteiger partial charge in [-0.2, -0.15) is 15.8 Å². The molecule has 0 bridgehead atoms. The molecule has 0 fully saturated rings. The van der Waals surface area contributed by atoms with Crippen molar-refractivity contribution in [1.82, 2.24) is 4.90 Å². The lowest BCUT2D eigenvalue weighted by atomic mass is 9.58. The van der Waals surface area contributed by atoms with E-state index in [-0.39, 0.29) is 17.2 Å². The summed E-state index contributed by atoms with van der Waals surface area (Å²) in [7, 11) is 1.56. The van der Waals surface area contributed by atoms with Crippen LogP contribution in [0.4, 0.5) is 0 Å². The molecule has 1 aliphatic heterocycles. The largest absolute Gasteiger partial charge is 0.493 e. The molecule has 0 aromatic heterocycles. The van der Waals surface area contributed by atoms with E-state index in [1.54, 1.807) is 7.11 Å². The molecule has 3 rings (SSSR count). The van der Waals surface area contributed by atoms with Crippen molar-refractivity contribution in [3.8, 4) is 29.7 Å². The van der Waals surface area contributed by atoms with Gasteiger partial charge in [-0.15, -0.1) is 0 Å². The zero-order chi connectivity index (χ0) is 22.6. The summed E-state index contributed by atoms with van der Waals surface area (Å²) < 4.78 is 11.3. The van der Waals surface area contributed by atoms with Crippen molar-refractivity contribution in [2.24, 2.45) is 17.1 Å². The minimum absolute atomic E-state index is 0.0303. The fraction of sp³-hybridized carbons (Fsp3) is 0.458. The summed E-state index contributed by atoms with van der Waals surface area (Å²) in [6.45, 7) is 6.81. The smallest absolute Gasteiger partial charge is 0.191 e. The lowest BCUT2D eigenvalue weighted by Crippen LogP contribution is -2.48. The molecule has 0 spiro atoms. The SMILES string of the molecule is CCCOc1ccc([C@H]2[C@@H]3CN(CC)CC=C3C(C#N)=C(N)C2(C#N)C#N)cc1OC. The van der Waals surface area contributed by atoms with Crippen molar-refractivity contribution in [2.75, 3.05) is 33.4 Å². The number of nitriles is 3. The maximum absolute atomic E-state index is 10.2. The van der Waals surface area contributed by atoms with Gasteiger partial charge in [-0.05, 0) is 36.2 Å². The number of nitrogens with zero attached hydrogens (tertiary/aromatic N) is 4. The molecule has 1 heterocycles. The van der Waals surface area contributed by atoms with Gasteiger partial charge < -0.3 is 15.2 Å². The Morgan fingerprint density at radius 3 is 2.52 bits per heavy atom. The molecule has 160 valence electrons. The van der Waals surface area contributed by atoms with Gasteiger partial charge in [0.15, 0.2) is 16.9 Å². The number of benzene rings is 1. The highest BCUT2D eigenvalue weighted by atomic mass is 16.5. The summed E-state index contributed by atoms with van der Waals surface area (Å²) in [6, 6.07) is 12.0. The minimum Gasteiger partial charge on any atom is -0.493 e. The van der Waals surface area contributed by atoms with Gasteiger partial charge in [0, 0.05) is 24.9 Å².